The first-order valence-electron chi connectivity index (χ1n) is 10.2. The fraction of sp³-hybridized carbons (Fsp3) is 0.545. The van der Waals surface area contributed by atoms with E-state index in [9.17, 15) is 4.79 Å². The maximum Gasteiger partial charge on any atom is 0.411 e. The van der Waals surface area contributed by atoms with Crippen LogP contribution in [0.3, 0.4) is 0 Å². The number of hydrogen-bond acceptors (Lipinski definition) is 3. The topological polar surface area (TPSA) is 58.2 Å². The number of piperidine rings is 1. The number of likely N-dealkylation sites (tertiary alicyclic amines) is 1. The predicted molar refractivity (Wildman–Crippen MR) is 109 cm³/mol. The smallest absolute Gasteiger partial charge is 0.411 e. The van der Waals surface area contributed by atoms with Gasteiger partial charge in [0.1, 0.15) is 19.3 Å². The third kappa shape index (κ3) is 2.85. The van der Waals surface area contributed by atoms with Crippen LogP contribution in [0.25, 0.3) is 11.3 Å². The van der Waals surface area contributed by atoms with E-state index in [-0.39, 0.29) is 12.1 Å². The lowest BCUT2D eigenvalue weighted by Crippen LogP contribution is -2.38. The number of H-pyrrole nitrogens is 1. The van der Waals surface area contributed by atoms with Crippen molar-refractivity contribution in [3.8, 4) is 11.3 Å². The van der Waals surface area contributed by atoms with Crippen molar-refractivity contribution in [2.75, 3.05) is 0 Å². The van der Waals surface area contributed by atoms with Crippen LogP contribution in [0, 0.1) is 5.92 Å². The Balaban J connectivity index is 1.49. The zero-order valence-electron chi connectivity index (χ0n) is 17.0. The Morgan fingerprint density at radius 3 is 2.86 bits per heavy atom. The molecule has 1 aliphatic heterocycles. The number of hydrogen-bond donors (Lipinski definition) is 1. The van der Waals surface area contributed by atoms with Gasteiger partial charge in [-0.3, -0.25) is 4.90 Å². The van der Waals surface area contributed by atoms with Gasteiger partial charge in [-0.1, -0.05) is 30.6 Å². The van der Waals surface area contributed by atoms with Crippen molar-refractivity contribution >= 4 is 19.4 Å². The molecule has 6 heteroatoms. The fourth-order valence-corrected chi connectivity index (χ4v) is 4.86. The monoisotopic (exact) mass is 375 g/mol. The summed E-state index contributed by atoms with van der Waals surface area (Å²) in [6, 6.07) is 6.34. The van der Waals surface area contributed by atoms with Crippen LogP contribution in [0.2, 0.25) is 0 Å². The summed E-state index contributed by atoms with van der Waals surface area (Å²) in [4.78, 5) is 23.3. The van der Waals surface area contributed by atoms with Gasteiger partial charge in [-0.25, -0.2) is 9.78 Å². The molecule has 0 bridgehead atoms. The first kappa shape index (κ1) is 17.8. The van der Waals surface area contributed by atoms with Gasteiger partial charge in [-0.15, -0.1) is 0 Å². The van der Waals surface area contributed by atoms with Gasteiger partial charge in [0.05, 0.1) is 11.7 Å². The molecule has 5 nitrogen and oxygen atoms in total. The minimum Gasteiger partial charge on any atom is -0.444 e. The predicted octanol–water partition coefficient (Wildman–Crippen LogP) is 3.60. The molecule has 2 radical (unpaired) electrons. The molecular formula is C22H26BN3O2. The molecule has 28 heavy (non-hydrogen) atoms. The van der Waals surface area contributed by atoms with Crippen LogP contribution in [0.5, 0.6) is 0 Å². The van der Waals surface area contributed by atoms with Crippen LogP contribution >= 0.6 is 0 Å². The van der Waals surface area contributed by atoms with Gasteiger partial charge in [-0.2, -0.15) is 0 Å². The van der Waals surface area contributed by atoms with Gasteiger partial charge in [0.2, 0.25) is 0 Å². The lowest BCUT2D eigenvalue weighted by Gasteiger charge is -2.29. The SMILES string of the molecule is [B]c1ccc2c(c1)C(C)Cc1[nH]c([C@@H]3C[C@H]4C[C@H]4N3C(=O)OC(C)(C)C)nc1-2. The summed E-state index contributed by atoms with van der Waals surface area (Å²) in [5.41, 5.74) is 4.86. The third-order valence-corrected chi connectivity index (χ3v) is 6.19. The molecule has 1 N–H and O–H groups in total. The first-order chi connectivity index (χ1) is 13.2. The number of aromatic amines is 1. The first-order valence-corrected chi connectivity index (χ1v) is 10.2. The van der Waals surface area contributed by atoms with E-state index in [1.165, 1.54) is 5.56 Å². The van der Waals surface area contributed by atoms with Crippen LogP contribution < -0.4 is 5.46 Å². The molecule has 1 aromatic carbocycles. The number of benzene rings is 1. The van der Waals surface area contributed by atoms with E-state index in [1.54, 1.807) is 0 Å². The van der Waals surface area contributed by atoms with E-state index in [1.807, 2.05) is 31.7 Å². The Morgan fingerprint density at radius 1 is 1.32 bits per heavy atom. The normalized spacial score (nSPS) is 27.8. The van der Waals surface area contributed by atoms with Crippen LogP contribution in [0.1, 0.15) is 69.6 Å². The second kappa shape index (κ2) is 5.88. The van der Waals surface area contributed by atoms with E-state index < -0.39 is 5.60 Å². The summed E-state index contributed by atoms with van der Waals surface area (Å²) in [6.45, 7) is 7.96. The summed E-state index contributed by atoms with van der Waals surface area (Å²) >= 11 is 0. The van der Waals surface area contributed by atoms with E-state index >= 15 is 0 Å². The Labute approximate surface area is 167 Å². The Hall–Kier alpha value is -2.24. The highest BCUT2D eigenvalue weighted by Gasteiger charge is 2.56. The van der Waals surface area contributed by atoms with Crippen LogP contribution in [-0.4, -0.2) is 40.5 Å². The zero-order valence-corrected chi connectivity index (χ0v) is 17.0. The molecule has 4 atom stereocenters. The van der Waals surface area contributed by atoms with Gasteiger partial charge >= 0.3 is 6.09 Å². The van der Waals surface area contributed by atoms with Crippen molar-refractivity contribution in [3.05, 3.63) is 35.3 Å². The van der Waals surface area contributed by atoms with Gasteiger partial charge < -0.3 is 9.72 Å². The minimum absolute atomic E-state index is 0.0308. The lowest BCUT2D eigenvalue weighted by molar-refractivity contribution is 0.0175. The van der Waals surface area contributed by atoms with Gasteiger partial charge in [-0.05, 0) is 57.4 Å². The summed E-state index contributed by atoms with van der Waals surface area (Å²) in [5.74, 6) is 1.85. The molecule has 2 fully saturated rings. The second-order valence-electron chi connectivity index (χ2n) is 9.60. The second-order valence-corrected chi connectivity index (χ2v) is 9.60. The van der Waals surface area contributed by atoms with E-state index in [0.29, 0.717) is 17.9 Å². The molecule has 1 amide bonds. The largest absolute Gasteiger partial charge is 0.444 e. The number of ether oxygens (including phenoxy) is 1. The van der Waals surface area contributed by atoms with E-state index in [4.69, 9.17) is 17.6 Å². The van der Waals surface area contributed by atoms with Crippen molar-refractivity contribution in [1.29, 1.82) is 0 Å². The number of aromatic nitrogens is 2. The number of rotatable bonds is 1. The van der Waals surface area contributed by atoms with Gasteiger partial charge in [0, 0.05) is 17.3 Å². The Morgan fingerprint density at radius 2 is 2.11 bits per heavy atom. The highest BCUT2D eigenvalue weighted by molar-refractivity contribution is 6.32. The summed E-state index contributed by atoms with van der Waals surface area (Å²) in [5, 5.41) is 0. The molecule has 5 rings (SSSR count). The summed E-state index contributed by atoms with van der Waals surface area (Å²) < 4.78 is 5.69. The quantitative estimate of drug-likeness (QED) is 0.775. The molecule has 0 spiro atoms. The Bertz CT molecular complexity index is 961. The highest BCUT2D eigenvalue weighted by Crippen LogP contribution is 2.54. The van der Waals surface area contributed by atoms with Gasteiger partial charge in [0.15, 0.2) is 0 Å². The zero-order chi connectivity index (χ0) is 19.8. The van der Waals surface area contributed by atoms with E-state index in [0.717, 1.165) is 47.5 Å². The molecule has 1 unspecified atom stereocenters. The van der Waals surface area contributed by atoms with Gasteiger partial charge in [0.25, 0.3) is 0 Å². The lowest BCUT2D eigenvalue weighted by atomic mass is 9.81. The molecule has 1 saturated carbocycles. The van der Waals surface area contributed by atoms with Crippen LogP contribution in [-0.2, 0) is 11.2 Å². The van der Waals surface area contributed by atoms with Crippen molar-refractivity contribution < 1.29 is 9.53 Å². The van der Waals surface area contributed by atoms with Crippen molar-refractivity contribution in [2.45, 2.75) is 70.6 Å². The summed E-state index contributed by atoms with van der Waals surface area (Å²) in [7, 11) is 6.00. The number of fused-ring (bicyclic) bond motifs is 4. The van der Waals surface area contributed by atoms with Crippen LogP contribution in [0.15, 0.2) is 18.2 Å². The van der Waals surface area contributed by atoms with E-state index in [2.05, 4.69) is 24.0 Å². The molecule has 1 aromatic heterocycles. The maximum absolute atomic E-state index is 12.9. The molecule has 2 aliphatic carbocycles. The average molecular weight is 375 g/mol. The average Bonchev–Trinajstić information content (AvgIpc) is 3.06. The number of imidazole rings is 1. The Kier molecular flexibility index (Phi) is 3.75. The number of nitrogens with one attached hydrogen (secondary N) is 1. The highest BCUT2D eigenvalue weighted by atomic mass is 16.6. The molecule has 2 aromatic rings. The molecule has 2 heterocycles. The standard InChI is InChI=1S/C22H26BN3O2/c1-11-7-16-19(14-6-5-13(23)10-15(11)14)25-20(24-16)18-9-12-8-17(12)26(18)21(27)28-22(2,3)4/h5-6,10-12,17-18H,7-9H2,1-4H3,(H,24,25)/t11?,12-,17-,18+/m1/s1. The number of carbonyl (C=O) groups excluding carboxylic acids is 1. The molecule has 144 valence electrons. The summed E-state index contributed by atoms with van der Waals surface area (Å²) in [6.07, 6.45) is 2.72. The number of carbonyl (C=O) groups is 1. The molecule has 3 aliphatic rings. The molecular weight excluding hydrogens is 349 g/mol. The maximum atomic E-state index is 12.9. The number of nitrogens with zero attached hydrogens (tertiary/aromatic N) is 2. The third-order valence-electron chi connectivity index (χ3n) is 6.19. The molecule has 1 saturated heterocycles. The van der Waals surface area contributed by atoms with Crippen molar-refractivity contribution in [2.24, 2.45) is 5.92 Å². The van der Waals surface area contributed by atoms with Crippen LogP contribution in [0.4, 0.5) is 4.79 Å². The van der Waals surface area contributed by atoms with Crippen molar-refractivity contribution in [1.82, 2.24) is 14.9 Å². The number of amides is 1. The van der Waals surface area contributed by atoms with Crippen molar-refractivity contribution in [3.63, 3.8) is 0 Å². The fourth-order valence-electron chi connectivity index (χ4n) is 4.86. The minimum atomic E-state index is -0.495.